The lowest BCUT2D eigenvalue weighted by Gasteiger charge is -2.13. The molecule has 0 bridgehead atoms. The van der Waals surface area contributed by atoms with Crippen LogP contribution in [0.15, 0.2) is 4.42 Å². The molecule has 5 N–H and O–H groups in total. The van der Waals surface area contributed by atoms with Gasteiger partial charge in [-0.2, -0.15) is 0 Å². The first-order valence-corrected chi connectivity index (χ1v) is 32.6. The lowest BCUT2D eigenvalue weighted by atomic mass is 9.99. The quantitative estimate of drug-likeness (QED) is 0.0529. The number of aromatic amines is 1. The maximum absolute atomic E-state index is 10.5. The van der Waals surface area contributed by atoms with Gasteiger partial charge in [-0.15, -0.1) is 61.9 Å². The first kappa shape index (κ1) is 87.4. The number of thiol groups is 4. The topological polar surface area (TPSA) is 299 Å². The van der Waals surface area contributed by atoms with Gasteiger partial charge in [0.2, 0.25) is 10.8 Å². The van der Waals surface area contributed by atoms with Gasteiger partial charge in [0.1, 0.15) is 15.7 Å². The van der Waals surface area contributed by atoms with Crippen LogP contribution in [-0.4, -0.2) is 115 Å². The van der Waals surface area contributed by atoms with Crippen LogP contribution in [0.1, 0.15) is 191 Å². The zero-order valence-corrected chi connectivity index (χ0v) is 65.8. The number of thiocarbonyl (C=S) groups is 4. The highest BCUT2D eigenvalue weighted by Crippen LogP contribution is 2.31. The van der Waals surface area contributed by atoms with E-state index >= 15 is 0 Å². The number of oxazole rings is 1. The number of nitrogens with one attached hydrogen (secondary N) is 1. The predicted molar refractivity (Wildman–Crippen MR) is 407 cm³/mol. The Bertz CT molecular complexity index is 3970. The molecule has 8 aromatic rings. The maximum atomic E-state index is 10.5. The minimum Gasteiger partial charge on any atom is -0.481 e. The van der Waals surface area contributed by atoms with Crippen molar-refractivity contribution in [3.63, 3.8) is 0 Å². The van der Waals surface area contributed by atoms with E-state index in [9.17, 15) is 14.4 Å². The fourth-order valence-electron chi connectivity index (χ4n) is 7.48. The summed E-state index contributed by atoms with van der Waals surface area (Å²) >= 11 is 36.3. The minimum atomic E-state index is -1.13. The number of aliphatic carboxylic acids is 1. The second kappa shape index (κ2) is 40.1. The zero-order valence-electron chi connectivity index (χ0n) is 58.1. The van der Waals surface area contributed by atoms with Crippen LogP contribution >= 0.6 is 111 Å². The number of pyridine rings is 2. The number of imidazole rings is 1. The standard InChI is InChI=1S/C16H22N2.C10H13NS2.2C8H10N2S2.C7H10N2O2.C6H7NO3.C6H7NO2S.C2H4O2.C2H4S2/c1-8-9(2)13(6)17-15(11(8)4)16-12(5)10(3)14(7)18-16;1-5-6(2)8(4)11-9(7(5)3)10(12)13;1-4-5(2)10-7(8(11)12)6(3)9-4;1-4-5(2)9-7(8(11)12)10-6(4)3;1-4-5(2)9(3)6(8-4)7(10)11;2*1-3-4(2)10-5(7-3)6(8)9;2*1-2(3)4/h18H,1-7H3;1-4H3,(H,12,13);2*1-3H3,(H,11,12);1-3H3,(H,10,11);2*1-2H3,(H,8,9);2*1H3,(H,3,4). The van der Waals surface area contributed by atoms with Crippen molar-refractivity contribution in [2.75, 3.05) is 0 Å². The number of carboxylic acid groups (broad SMARTS) is 4. The van der Waals surface area contributed by atoms with Crippen molar-refractivity contribution < 1.29 is 44.0 Å². The zero-order chi connectivity index (χ0) is 73.6. The van der Waals surface area contributed by atoms with E-state index in [0.29, 0.717) is 34.1 Å². The Hall–Kier alpha value is -6.57. The molecule has 0 saturated heterocycles. The van der Waals surface area contributed by atoms with E-state index in [1.807, 2.05) is 69.2 Å². The lowest BCUT2D eigenvalue weighted by molar-refractivity contribution is -0.134. The summed E-state index contributed by atoms with van der Waals surface area (Å²) in [5.74, 6) is -2.93. The van der Waals surface area contributed by atoms with Gasteiger partial charge in [0.15, 0.2) is 5.82 Å². The summed E-state index contributed by atoms with van der Waals surface area (Å²) in [6.45, 7) is 48.4. The van der Waals surface area contributed by atoms with Crippen molar-refractivity contribution >= 4 is 151 Å². The molecule has 0 spiro atoms. The molecule has 20 nitrogen and oxygen atoms in total. The summed E-state index contributed by atoms with van der Waals surface area (Å²) in [6, 6.07) is 0. The van der Waals surface area contributed by atoms with E-state index in [2.05, 4.69) is 170 Å². The molecular weight excluding hydrogens is 1370 g/mol. The Morgan fingerprint density at radius 3 is 1.19 bits per heavy atom. The lowest BCUT2D eigenvalue weighted by Crippen LogP contribution is -2.06. The summed E-state index contributed by atoms with van der Waals surface area (Å²) in [4.78, 5) is 82.0. The molecule has 0 amide bonds. The predicted octanol–water partition coefficient (Wildman–Crippen LogP) is 15.7. The van der Waals surface area contributed by atoms with Gasteiger partial charge in [-0.1, -0.05) is 48.9 Å². The van der Waals surface area contributed by atoms with Gasteiger partial charge in [-0.05, 0) is 216 Å². The van der Waals surface area contributed by atoms with Gasteiger partial charge >= 0.3 is 23.8 Å². The highest BCUT2D eigenvalue weighted by atomic mass is 32.1. The molecule has 0 aliphatic rings. The van der Waals surface area contributed by atoms with E-state index in [0.717, 1.165) is 96.9 Å². The molecule has 8 rings (SSSR count). The molecule has 0 aliphatic carbocycles. The molecule has 0 atom stereocenters. The van der Waals surface area contributed by atoms with Crippen molar-refractivity contribution in [2.24, 2.45) is 7.05 Å². The number of carboxylic acids is 4. The third-order valence-electron chi connectivity index (χ3n) is 14.6. The molecule has 0 aromatic carbocycles. The Kier molecular flexibility index (Phi) is 37.3. The van der Waals surface area contributed by atoms with Gasteiger partial charge in [-0.25, -0.2) is 44.3 Å². The molecule has 510 valence electrons. The van der Waals surface area contributed by atoms with Crippen LogP contribution in [0.25, 0.3) is 11.4 Å². The first-order valence-electron chi connectivity index (χ1n) is 28.4. The number of H-pyrrole nitrogens is 1. The summed E-state index contributed by atoms with van der Waals surface area (Å²) in [6.07, 6.45) is 0. The van der Waals surface area contributed by atoms with Crippen LogP contribution in [0.5, 0.6) is 0 Å². The monoisotopic (exact) mass is 1450 g/mol. The molecule has 0 aliphatic heterocycles. The van der Waals surface area contributed by atoms with Crippen LogP contribution in [0, 0.1) is 159 Å². The van der Waals surface area contributed by atoms with Crippen molar-refractivity contribution in [1.29, 1.82) is 0 Å². The van der Waals surface area contributed by atoms with Crippen LogP contribution in [0.3, 0.4) is 0 Å². The van der Waals surface area contributed by atoms with Gasteiger partial charge in [-0.3, -0.25) is 19.7 Å². The average molecular weight is 1460 g/mol. The molecule has 94 heavy (non-hydrogen) atoms. The smallest absolute Gasteiger partial charge is 0.392 e. The Balaban J connectivity index is 0.00000106. The van der Waals surface area contributed by atoms with Crippen molar-refractivity contribution in [3.8, 4) is 11.4 Å². The second-order valence-corrected chi connectivity index (χ2v) is 27.5. The van der Waals surface area contributed by atoms with Crippen molar-refractivity contribution in [1.82, 2.24) is 54.4 Å². The molecular formula is C65H87N11O9S9. The molecule has 0 saturated carbocycles. The van der Waals surface area contributed by atoms with E-state index in [-0.39, 0.29) is 16.7 Å². The number of rotatable bonds is 7. The van der Waals surface area contributed by atoms with E-state index in [4.69, 9.17) is 71.3 Å². The fraction of sp³-hybridized carbons (Fsp3) is 0.400. The molecule has 0 fully saturated rings. The SMILES string of the molecule is CC(=O)O.CC(=S)S.Cc1nc(-c2[nH]c(C)c(C)c2C)c(C)c(C)c1C.Cc1nc(C(=O)O)n(C)c1C.Cc1nc(C(=O)O)oc1C.Cc1nc(C(=O)O)sc1C.Cc1nc(C(=S)S)c(C)c(C)c1C.Cc1nc(C(=S)S)nc(C)c1C.Cc1nc(C)c(C(=S)S)nc1C. The highest BCUT2D eigenvalue weighted by Gasteiger charge is 2.18. The van der Waals surface area contributed by atoms with Crippen LogP contribution in [0.2, 0.25) is 0 Å². The first-order chi connectivity index (χ1) is 43.0. The second-order valence-electron chi connectivity index (χ2n) is 21.2. The van der Waals surface area contributed by atoms with Crippen LogP contribution in [-0.2, 0) is 11.8 Å². The number of aryl methyl sites for hydroxylation is 13. The highest BCUT2D eigenvalue weighted by molar-refractivity contribution is 8.12. The number of hydrogen-bond acceptors (Lipinski definition) is 19. The van der Waals surface area contributed by atoms with E-state index < -0.39 is 23.9 Å². The number of thiazole rings is 1. The number of aromatic carboxylic acids is 3. The Morgan fingerprint density at radius 1 is 0.436 bits per heavy atom. The average Bonchev–Trinajstić information content (AvgIpc) is 1.51. The fourth-order valence-corrected chi connectivity index (χ4v) is 9.25. The number of aromatic nitrogens is 11. The third-order valence-corrected chi connectivity index (χ3v) is 16.9. The summed E-state index contributed by atoms with van der Waals surface area (Å²) < 4.78 is 8.55. The van der Waals surface area contributed by atoms with Crippen molar-refractivity contribution in [2.45, 2.75) is 173 Å². The molecule has 8 heterocycles. The molecule has 0 unspecified atom stereocenters. The Labute approximate surface area is 599 Å². The number of nitrogens with zero attached hydrogens (tertiary/aromatic N) is 10. The minimum absolute atomic E-state index is 0.0972. The molecule has 29 heteroatoms. The van der Waals surface area contributed by atoms with Gasteiger partial charge in [0.25, 0.3) is 5.97 Å². The van der Waals surface area contributed by atoms with E-state index in [1.165, 1.54) is 61.7 Å². The molecule has 8 aromatic heterocycles. The summed E-state index contributed by atoms with van der Waals surface area (Å²) in [5.41, 5.74) is 26.3. The van der Waals surface area contributed by atoms with Crippen LogP contribution in [0.4, 0.5) is 0 Å². The molecule has 0 radical (unpaired) electrons. The normalized spacial score (nSPS) is 9.89. The van der Waals surface area contributed by atoms with Gasteiger partial charge in [0.05, 0.1) is 59.6 Å². The Morgan fingerprint density at radius 2 is 0.872 bits per heavy atom. The van der Waals surface area contributed by atoms with Gasteiger partial charge in [0, 0.05) is 57.2 Å². The summed E-state index contributed by atoms with van der Waals surface area (Å²) in [7, 11) is 1.69. The third kappa shape index (κ3) is 27.3. The summed E-state index contributed by atoms with van der Waals surface area (Å²) in [5, 5.41) is 33.0. The van der Waals surface area contributed by atoms with E-state index in [1.54, 1.807) is 46.2 Å². The van der Waals surface area contributed by atoms with Crippen LogP contribution < -0.4 is 0 Å². The van der Waals surface area contributed by atoms with Gasteiger partial charge < -0.3 is 34.4 Å². The number of hydrogen-bond donors (Lipinski definition) is 9. The van der Waals surface area contributed by atoms with Crippen molar-refractivity contribution in [3.05, 3.63) is 163 Å². The number of carbonyl (C=O) groups is 4. The maximum Gasteiger partial charge on any atom is 0.392 e. The largest absolute Gasteiger partial charge is 0.481 e.